The Morgan fingerprint density at radius 1 is 0.941 bits per heavy atom. The third kappa shape index (κ3) is 4.98. The molecule has 4 rings (SSSR count). The third-order valence-electron chi connectivity index (χ3n) is 5.10. The number of amides is 3. The summed E-state index contributed by atoms with van der Waals surface area (Å²) in [5.74, 6) is -2.54. The zero-order valence-electron chi connectivity index (χ0n) is 18.0. The molecule has 3 amide bonds. The van der Waals surface area contributed by atoms with E-state index in [9.17, 15) is 19.2 Å². The van der Waals surface area contributed by atoms with E-state index in [0.717, 1.165) is 14.7 Å². The summed E-state index contributed by atoms with van der Waals surface area (Å²) in [6, 6.07) is 19.7. The van der Waals surface area contributed by atoms with Gasteiger partial charge in [0.1, 0.15) is 6.04 Å². The minimum Gasteiger partial charge on any atom is -0.454 e. The quantitative estimate of drug-likeness (QED) is 0.379. The molecular weight excluding hydrogens is 476 g/mol. The predicted octanol–water partition coefficient (Wildman–Crippen LogP) is 4.66. The van der Waals surface area contributed by atoms with E-state index in [1.54, 1.807) is 36.4 Å². The summed E-state index contributed by atoms with van der Waals surface area (Å²) in [6.07, 6.45) is 0. The van der Waals surface area contributed by atoms with Crippen LogP contribution in [0.3, 0.4) is 0 Å². The number of carbonyl (C=O) groups excluding carboxylic acids is 4. The Morgan fingerprint density at radius 2 is 1.53 bits per heavy atom. The zero-order chi connectivity index (χ0) is 24.2. The highest BCUT2D eigenvalue weighted by atomic mass is 35.5. The van der Waals surface area contributed by atoms with E-state index in [4.69, 9.17) is 16.3 Å². The maximum atomic E-state index is 12.5. The third-order valence-corrected chi connectivity index (χ3v) is 6.44. The molecule has 0 fully saturated rings. The van der Waals surface area contributed by atoms with Crippen molar-refractivity contribution in [2.24, 2.45) is 0 Å². The van der Waals surface area contributed by atoms with Crippen LogP contribution in [-0.2, 0) is 14.3 Å². The van der Waals surface area contributed by atoms with Gasteiger partial charge in [0.15, 0.2) is 6.61 Å². The number of esters is 1. The van der Waals surface area contributed by atoms with Gasteiger partial charge in [-0.25, -0.2) is 4.79 Å². The number of carbonyl (C=O) groups is 4. The summed E-state index contributed by atoms with van der Waals surface area (Å²) >= 11 is 7.37. The standard InChI is InChI=1S/C25H19ClN2O5S/c1-15(28-23(30)18-6-2-3-7-19(18)24(28)31)25(32)33-14-22(29)27-20-8-4-5-9-21(20)34-17-12-10-16(26)11-13-17/h2-13,15H,14H2,1H3,(H,27,29)/t15-/m0/s1. The van der Waals surface area contributed by atoms with Crippen molar-refractivity contribution in [1.82, 2.24) is 4.90 Å². The van der Waals surface area contributed by atoms with Crippen LogP contribution >= 0.6 is 23.4 Å². The normalized spacial score (nSPS) is 13.4. The van der Waals surface area contributed by atoms with Crippen LogP contribution in [-0.4, -0.2) is 41.2 Å². The van der Waals surface area contributed by atoms with Crippen LogP contribution in [0.2, 0.25) is 5.02 Å². The Kier molecular flexibility index (Phi) is 7.00. The Labute approximate surface area is 205 Å². The minimum atomic E-state index is -1.17. The molecule has 0 spiro atoms. The van der Waals surface area contributed by atoms with Crippen LogP contribution in [0.25, 0.3) is 0 Å². The van der Waals surface area contributed by atoms with Gasteiger partial charge < -0.3 is 10.1 Å². The molecule has 1 N–H and O–H groups in total. The SMILES string of the molecule is C[C@@H](C(=O)OCC(=O)Nc1ccccc1Sc1ccc(Cl)cc1)N1C(=O)c2ccccc2C1=O. The number of nitrogens with one attached hydrogen (secondary N) is 1. The number of benzene rings is 3. The summed E-state index contributed by atoms with van der Waals surface area (Å²) in [4.78, 5) is 52.6. The first-order valence-electron chi connectivity index (χ1n) is 10.3. The van der Waals surface area contributed by atoms with E-state index in [1.165, 1.54) is 30.8 Å². The van der Waals surface area contributed by atoms with E-state index in [1.807, 2.05) is 24.3 Å². The number of imide groups is 1. The van der Waals surface area contributed by atoms with Gasteiger partial charge in [0, 0.05) is 14.8 Å². The summed E-state index contributed by atoms with van der Waals surface area (Å²) in [5.41, 5.74) is 1.02. The Morgan fingerprint density at radius 3 is 2.18 bits per heavy atom. The molecule has 0 saturated carbocycles. The number of nitrogens with zero attached hydrogens (tertiary/aromatic N) is 1. The summed E-state index contributed by atoms with van der Waals surface area (Å²) in [6.45, 7) is 0.826. The highest BCUT2D eigenvalue weighted by molar-refractivity contribution is 7.99. The largest absolute Gasteiger partial charge is 0.454 e. The first-order valence-corrected chi connectivity index (χ1v) is 11.5. The molecule has 0 radical (unpaired) electrons. The van der Waals surface area contributed by atoms with Crippen LogP contribution in [0.4, 0.5) is 5.69 Å². The van der Waals surface area contributed by atoms with Crippen molar-refractivity contribution in [2.45, 2.75) is 22.8 Å². The van der Waals surface area contributed by atoms with E-state index < -0.39 is 36.3 Å². The molecule has 3 aromatic carbocycles. The van der Waals surface area contributed by atoms with Crippen molar-refractivity contribution in [1.29, 1.82) is 0 Å². The fraction of sp³-hybridized carbons (Fsp3) is 0.120. The van der Waals surface area contributed by atoms with E-state index in [2.05, 4.69) is 5.32 Å². The molecule has 0 unspecified atom stereocenters. The number of ether oxygens (including phenoxy) is 1. The first-order chi connectivity index (χ1) is 16.3. The van der Waals surface area contributed by atoms with Crippen molar-refractivity contribution >= 4 is 52.7 Å². The molecule has 9 heteroatoms. The Balaban J connectivity index is 1.36. The van der Waals surface area contributed by atoms with Crippen molar-refractivity contribution < 1.29 is 23.9 Å². The second kappa shape index (κ2) is 10.1. The van der Waals surface area contributed by atoms with Gasteiger partial charge in [-0.1, -0.05) is 47.6 Å². The average molecular weight is 495 g/mol. The molecule has 7 nitrogen and oxygen atoms in total. The summed E-state index contributed by atoms with van der Waals surface area (Å²) in [5, 5.41) is 3.36. The molecule has 0 saturated heterocycles. The molecule has 1 atom stereocenters. The topological polar surface area (TPSA) is 92.8 Å². The molecule has 172 valence electrons. The second-order valence-electron chi connectivity index (χ2n) is 7.41. The number of halogens is 1. The number of anilines is 1. The molecule has 34 heavy (non-hydrogen) atoms. The van der Waals surface area contributed by atoms with Crippen molar-refractivity contribution in [2.75, 3.05) is 11.9 Å². The number of hydrogen-bond acceptors (Lipinski definition) is 6. The van der Waals surface area contributed by atoms with Crippen molar-refractivity contribution in [3.8, 4) is 0 Å². The number of rotatable bonds is 7. The fourth-order valence-electron chi connectivity index (χ4n) is 3.40. The van der Waals surface area contributed by atoms with Crippen LogP contribution in [0.5, 0.6) is 0 Å². The van der Waals surface area contributed by atoms with Gasteiger partial charge in [-0.2, -0.15) is 0 Å². The fourth-order valence-corrected chi connectivity index (χ4v) is 4.42. The van der Waals surface area contributed by atoms with Gasteiger partial charge in [0.25, 0.3) is 17.7 Å². The number of para-hydroxylation sites is 1. The lowest BCUT2D eigenvalue weighted by molar-refractivity contribution is -0.150. The molecule has 1 heterocycles. The Bertz CT molecular complexity index is 1240. The van der Waals surface area contributed by atoms with E-state index in [-0.39, 0.29) is 11.1 Å². The molecule has 0 bridgehead atoms. The molecular formula is C25H19ClN2O5S. The minimum absolute atomic E-state index is 0.236. The molecule has 0 aromatic heterocycles. The Hall–Kier alpha value is -3.62. The van der Waals surface area contributed by atoms with Crippen LogP contribution in [0, 0.1) is 0 Å². The van der Waals surface area contributed by atoms with Crippen LogP contribution in [0.15, 0.2) is 82.6 Å². The van der Waals surface area contributed by atoms with Crippen molar-refractivity contribution in [3.63, 3.8) is 0 Å². The van der Waals surface area contributed by atoms with Gasteiger partial charge in [-0.3, -0.25) is 19.3 Å². The number of hydrogen-bond donors (Lipinski definition) is 1. The molecule has 3 aromatic rings. The maximum absolute atomic E-state index is 12.5. The first kappa shape index (κ1) is 23.5. The molecule has 0 aliphatic carbocycles. The lowest BCUT2D eigenvalue weighted by Gasteiger charge is -2.20. The lowest BCUT2D eigenvalue weighted by Crippen LogP contribution is -2.44. The smallest absolute Gasteiger partial charge is 0.329 e. The van der Waals surface area contributed by atoms with E-state index >= 15 is 0 Å². The number of fused-ring (bicyclic) bond motifs is 1. The predicted molar refractivity (Wildman–Crippen MR) is 128 cm³/mol. The molecule has 1 aliphatic rings. The summed E-state index contributed by atoms with van der Waals surface area (Å²) < 4.78 is 5.10. The summed E-state index contributed by atoms with van der Waals surface area (Å²) in [7, 11) is 0. The van der Waals surface area contributed by atoms with E-state index in [0.29, 0.717) is 10.7 Å². The van der Waals surface area contributed by atoms with Gasteiger partial charge in [0.05, 0.1) is 16.8 Å². The van der Waals surface area contributed by atoms with Crippen LogP contribution < -0.4 is 5.32 Å². The van der Waals surface area contributed by atoms with Crippen molar-refractivity contribution in [3.05, 3.63) is 88.9 Å². The van der Waals surface area contributed by atoms with Gasteiger partial charge in [-0.05, 0) is 55.5 Å². The lowest BCUT2D eigenvalue weighted by atomic mass is 10.1. The second-order valence-corrected chi connectivity index (χ2v) is 8.96. The van der Waals surface area contributed by atoms with Crippen LogP contribution in [0.1, 0.15) is 27.6 Å². The monoisotopic (exact) mass is 494 g/mol. The van der Waals surface area contributed by atoms with Gasteiger partial charge in [-0.15, -0.1) is 0 Å². The highest BCUT2D eigenvalue weighted by Gasteiger charge is 2.41. The zero-order valence-corrected chi connectivity index (χ0v) is 19.6. The average Bonchev–Trinajstić information content (AvgIpc) is 3.10. The maximum Gasteiger partial charge on any atom is 0.329 e. The van der Waals surface area contributed by atoms with Gasteiger partial charge >= 0.3 is 5.97 Å². The highest BCUT2D eigenvalue weighted by Crippen LogP contribution is 2.34. The van der Waals surface area contributed by atoms with Gasteiger partial charge in [0.2, 0.25) is 0 Å². The molecule has 1 aliphatic heterocycles.